The van der Waals surface area contributed by atoms with E-state index in [1.807, 2.05) is 0 Å². The lowest BCUT2D eigenvalue weighted by Gasteiger charge is -2.33. The topological polar surface area (TPSA) is 7.65 Å². The molecule has 2 heteroatoms. The van der Waals surface area contributed by atoms with Crippen LogP contribution in [0.2, 0.25) is 0 Å². The van der Waals surface area contributed by atoms with E-state index in [0.717, 1.165) is 5.69 Å². The highest BCUT2D eigenvalue weighted by atomic mass is 15.2. The first kappa shape index (κ1) is 29.0. The summed E-state index contributed by atoms with van der Waals surface area (Å²) >= 11 is 0. The van der Waals surface area contributed by atoms with Crippen LogP contribution in [0.1, 0.15) is 25.0 Å². The van der Waals surface area contributed by atoms with Crippen LogP contribution >= 0.6 is 0 Å². The second-order valence-corrected chi connectivity index (χ2v) is 15.3. The van der Waals surface area contributed by atoms with Gasteiger partial charge in [-0.1, -0.05) is 147 Å². The number of aromatic nitrogens is 1. The molecule has 1 aliphatic carbocycles. The third-order valence-corrected chi connectivity index (χ3v) is 12.3. The van der Waals surface area contributed by atoms with Crippen LogP contribution in [-0.4, -0.2) is 4.40 Å². The van der Waals surface area contributed by atoms with Gasteiger partial charge in [0.15, 0.2) is 0 Å². The molecule has 0 fully saturated rings. The molecule has 11 aromatic rings. The smallest absolute Gasteiger partial charge is 0.0621 e. The van der Waals surface area contributed by atoms with Crippen LogP contribution in [0.4, 0.5) is 17.1 Å². The Morgan fingerprint density at radius 1 is 0.415 bits per heavy atom. The summed E-state index contributed by atoms with van der Waals surface area (Å²) < 4.78 is 2.49. The van der Waals surface area contributed by atoms with Gasteiger partial charge >= 0.3 is 0 Å². The van der Waals surface area contributed by atoms with Crippen molar-refractivity contribution in [1.82, 2.24) is 4.40 Å². The molecule has 248 valence electrons. The van der Waals surface area contributed by atoms with Crippen LogP contribution in [0.15, 0.2) is 170 Å². The van der Waals surface area contributed by atoms with Crippen molar-refractivity contribution >= 4 is 87.5 Å². The summed E-state index contributed by atoms with van der Waals surface area (Å²) in [6, 6.07) is 63.4. The van der Waals surface area contributed by atoms with Gasteiger partial charge in [0.25, 0.3) is 0 Å². The Hall–Kier alpha value is -6.64. The fraction of sp³-hybridized carbons (Fsp3) is 0.0588. The molecule has 53 heavy (non-hydrogen) atoms. The summed E-state index contributed by atoms with van der Waals surface area (Å²) in [6.45, 7) is 4.79. The van der Waals surface area contributed by atoms with Crippen LogP contribution in [0.25, 0.3) is 81.5 Å². The molecule has 9 aromatic carbocycles. The largest absolute Gasteiger partial charge is 0.309 e. The zero-order valence-corrected chi connectivity index (χ0v) is 29.6. The van der Waals surface area contributed by atoms with Gasteiger partial charge in [0.2, 0.25) is 0 Å². The molecule has 2 heterocycles. The van der Waals surface area contributed by atoms with E-state index in [0.29, 0.717) is 0 Å². The molecule has 0 unspecified atom stereocenters. The second kappa shape index (κ2) is 10.2. The number of benzene rings is 9. The van der Waals surface area contributed by atoms with Gasteiger partial charge in [-0.3, -0.25) is 0 Å². The number of anilines is 3. The summed E-state index contributed by atoms with van der Waals surface area (Å²) in [5, 5.41) is 12.8. The molecule has 0 aliphatic heterocycles. The Labute approximate surface area is 307 Å². The summed E-state index contributed by atoms with van der Waals surface area (Å²) in [4.78, 5) is 2.57. The highest BCUT2D eigenvalue weighted by Crippen LogP contribution is 2.55. The van der Waals surface area contributed by atoms with Gasteiger partial charge in [-0.05, 0) is 91.0 Å². The molecule has 0 saturated carbocycles. The van der Waals surface area contributed by atoms with Crippen molar-refractivity contribution < 1.29 is 0 Å². The van der Waals surface area contributed by atoms with Crippen LogP contribution in [-0.2, 0) is 5.41 Å². The van der Waals surface area contributed by atoms with E-state index >= 15 is 0 Å². The Morgan fingerprint density at radius 2 is 0.962 bits per heavy atom. The molecule has 0 spiro atoms. The number of rotatable bonds is 3. The average Bonchev–Trinajstić information content (AvgIpc) is 3.82. The molecule has 0 bridgehead atoms. The van der Waals surface area contributed by atoms with Gasteiger partial charge in [0.05, 0.1) is 27.9 Å². The highest BCUT2D eigenvalue weighted by Gasteiger charge is 2.39. The van der Waals surface area contributed by atoms with Crippen molar-refractivity contribution in [2.75, 3.05) is 4.90 Å². The van der Waals surface area contributed by atoms with E-state index in [4.69, 9.17) is 0 Å². The Bertz CT molecular complexity index is 3290. The summed E-state index contributed by atoms with van der Waals surface area (Å²) in [5.41, 5.74) is 12.5. The van der Waals surface area contributed by atoms with E-state index in [9.17, 15) is 0 Å². The van der Waals surface area contributed by atoms with E-state index in [2.05, 4.69) is 193 Å². The van der Waals surface area contributed by atoms with Crippen LogP contribution < -0.4 is 4.90 Å². The first-order chi connectivity index (χ1) is 26.1. The fourth-order valence-corrected chi connectivity index (χ4v) is 10.1. The molecule has 0 radical (unpaired) electrons. The Morgan fingerprint density at radius 3 is 1.75 bits per heavy atom. The molecule has 0 saturated heterocycles. The lowest BCUT2D eigenvalue weighted by Crippen LogP contribution is -2.20. The third-order valence-electron chi connectivity index (χ3n) is 12.3. The minimum atomic E-state index is -0.194. The second-order valence-electron chi connectivity index (χ2n) is 15.3. The number of hydrogen-bond acceptors (Lipinski definition) is 1. The summed E-state index contributed by atoms with van der Waals surface area (Å²) in [6.07, 6.45) is 0. The van der Waals surface area contributed by atoms with E-state index in [1.165, 1.54) is 104 Å². The molecular weight excluding hydrogens is 641 g/mol. The van der Waals surface area contributed by atoms with E-state index < -0.39 is 0 Å². The predicted molar refractivity (Wildman–Crippen MR) is 226 cm³/mol. The number of hydrogen-bond donors (Lipinski definition) is 0. The normalized spacial score (nSPS) is 13.6. The van der Waals surface area contributed by atoms with Gasteiger partial charge in [0, 0.05) is 32.6 Å². The van der Waals surface area contributed by atoms with Gasteiger partial charge < -0.3 is 9.30 Å². The van der Waals surface area contributed by atoms with Gasteiger partial charge in [-0.25, -0.2) is 0 Å². The SMILES string of the molecule is CC1(C)c2ccccc2-c2cccc(N(c3ccc4c5ccccc5c5ccccc5c4c3)c3cccc4c3c3cccc5c6ccccc6n4c53)c21. The lowest BCUT2D eigenvalue weighted by molar-refractivity contribution is 0.661. The molecular formula is C51H34N2. The Balaban J connectivity index is 1.23. The van der Waals surface area contributed by atoms with Crippen molar-refractivity contribution in [2.24, 2.45) is 0 Å². The zero-order valence-electron chi connectivity index (χ0n) is 29.6. The average molecular weight is 675 g/mol. The third kappa shape index (κ3) is 3.67. The first-order valence-electron chi connectivity index (χ1n) is 18.6. The maximum absolute atomic E-state index is 2.57. The zero-order chi connectivity index (χ0) is 35.0. The molecule has 12 rings (SSSR count). The number of para-hydroxylation sites is 2. The Kier molecular flexibility index (Phi) is 5.60. The maximum atomic E-state index is 2.57. The molecule has 2 aromatic heterocycles. The van der Waals surface area contributed by atoms with Crippen LogP contribution in [0, 0.1) is 0 Å². The minimum Gasteiger partial charge on any atom is -0.309 e. The fourth-order valence-electron chi connectivity index (χ4n) is 10.1. The van der Waals surface area contributed by atoms with Crippen molar-refractivity contribution in [2.45, 2.75) is 19.3 Å². The van der Waals surface area contributed by atoms with Crippen molar-refractivity contribution in [1.29, 1.82) is 0 Å². The van der Waals surface area contributed by atoms with Gasteiger partial charge in [-0.15, -0.1) is 0 Å². The van der Waals surface area contributed by atoms with E-state index in [-0.39, 0.29) is 5.41 Å². The molecule has 1 aliphatic rings. The van der Waals surface area contributed by atoms with Crippen LogP contribution in [0.5, 0.6) is 0 Å². The van der Waals surface area contributed by atoms with Crippen molar-refractivity contribution in [3.63, 3.8) is 0 Å². The minimum absolute atomic E-state index is 0.194. The lowest BCUT2D eigenvalue weighted by atomic mass is 9.81. The molecule has 0 atom stereocenters. The monoisotopic (exact) mass is 674 g/mol. The van der Waals surface area contributed by atoms with Crippen molar-refractivity contribution in [3.8, 4) is 11.1 Å². The van der Waals surface area contributed by atoms with Crippen LogP contribution in [0.3, 0.4) is 0 Å². The maximum Gasteiger partial charge on any atom is 0.0621 e. The molecule has 0 amide bonds. The van der Waals surface area contributed by atoms with Gasteiger partial charge in [0.1, 0.15) is 0 Å². The van der Waals surface area contributed by atoms with E-state index in [1.54, 1.807) is 0 Å². The van der Waals surface area contributed by atoms with Crippen molar-refractivity contribution in [3.05, 3.63) is 181 Å². The quantitative estimate of drug-likeness (QED) is 0.169. The summed E-state index contributed by atoms with van der Waals surface area (Å²) in [5.74, 6) is 0. The first-order valence-corrected chi connectivity index (χ1v) is 18.6. The molecule has 0 N–H and O–H groups in total. The number of nitrogens with zero attached hydrogens (tertiary/aromatic N) is 2. The van der Waals surface area contributed by atoms with Gasteiger partial charge in [-0.2, -0.15) is 0 Å². The highest BCUT2D eigenvalue weighted by molar-refractivity contribution is 6.28. The summed E-state index contributed by atoms with van der Waals surface area (Å²) in [7, 11) is 0. The standard InChI is InChI=1S/C51H34N2/c1-51(2)43-23-9-7-18-37(43)39-20-12-27-47(49(39)51)52(31-28-29-36-34-16-4-3-14-32(34)33-15-5-6-17-35(33)42(36)30-31)45-25-13-26-46-48(45)41-22-11-21-40-38-19-8-10-24-44(38)53(46)50(40)41/h3-30H,1-2H3. The predicted octanol–water partition coefficient (Wildman–Crippen LogP) is 14.1. The number of fused-ring (bicyclic) bond motifs is 15. The molecule has 2 nitrogen and oxygen atoms in total.